The van der Waals surface area contributed by atoms with E-state index < -0.39 is 23.4 Å². The number of anilines is 1. The Morgan fingerprint density at radius 2 is 1.94 bits per heavy atom. The molecule has 170 valence electrons. The number of benzene rings is 1. The van der Waals surface area contributed by atoms with Crippen molar-refractivity contribution in [1.29, 1.82) is 5.26 Å². The Kier molecular flexibility index (Phi) is 5.73. The van der Waals surface area contributed by atoms with Crippen molar-refractivity contribution >= 4 is 28.4 Å². The molecule has 34 heavy (non-hydrogen) atoms. The number of hydrogen-bond donors (Lipinski definition) is 2. The van der Waals surface area contributed by atoms with E-state index in [-0.39, 0.29) is 28.7 Å². The quantitative estimate of drug-likeness (QED) is 0.468. The van der Waals surface area contributed by atoms with Crippen molar-refractivity contribution < 1.29 is 18.4 Å². The maximum absolute atomic E-state index is 13.7. The number of aryl methyl sites for hydroxylation is 1. The Hall–Kier alpha value is -4.72. The first-order valence-corrected chi connectivity index (χ1v) is 9.98. The molecule has 0 bridgehead atoms. The molecule has 0 radical (unpaired) electrons. The van der Waals surface area contributed by atoms with Crippen molar-refractivity contribution in [2.75, 3.05) is 5.32 Å². The van der Waals surface area contributed by atoms with E-state index in [1.54, 1.807) is 36.9 Å². The number of aromatic nitrogens is 4. The number of nitrogens with two attached hydrogens (primary N) is 1. The van der Waals surface area contributed by atoms with E-state index in [4.69, 9.17) is 5.73 Å². The van der Waals surface area contributed by atoms with Crippen molar-refractivity contribution in [3.63, 3.8) is 0 Å². The molecule has 0 spiro atoms. The number of nitrogens with zero attached hydrogens (tertiary/aromatic N) is 5. The zero-order valence-corrected chi connectivity index (χ0v) is 18.1. The van der Waals surface area contributed by atoms with Crippen molar-refractivity contribution in [3.8, 4) is 6.07 Å². The molecule has 0 atom stereocenters. The number of nitriles is 1. The maximum atomic E-state index is 13.7. The second-order valence-corrected chi connectivity index (χ2v) is 7.47. The molecule has 0 fully saturated rings. The zero-order valence-electron chi connectivity index (χ0n) is 18.1. The molecule has 2 amide bonds. The molecule has 4 rings (SSSR count). The van der Waals surface area contributed by atoms with Gasteiger partial charge in [0, 0.05) is 17.6 Å². The van der Waals surface area contributed by atoms with Gasteiger partial charge in [0.1, 0.15) is 11.8 Å². The van der Waals surface area contributed by atoms with Gasteiger partial charge in [0.15, 0.2) is 11.6 Å². The number of rotatable bonds is 5. The van der Waals surface area contributed by atoms with E-state index >= 15 is 0 Å². The van der Waals surface area contributed by atoms with Crippen LogP contribution in [0.5, 0.6) is 0 Å². The molecule has 0 saturated heterocycles. The smallest absolute Gasteiger partial charge is 0.274 e. The first kappa shape index (κ1) is 22.5. The van der Waals surface area contributed by atoms with Crippen LogP contribution >= 0.6 is 0 Å². The average Bonchev–Trinajstić information content (AvgIpc) is 3.06. The number of hydrogen-bond acceptors (Lipinski definition) is 6. The summed E-state index contributed by atoms with van der Waals surface area (Å²) >= 11 is 0. The Morgan fingerprint density at radius 3 is 2.65 bits per heavy atom. The minimum Gasteiger partial charge on any atom is -0.366 e. The van der Waals surface area contributed by atoms with E-state index in [0.29, 0.717) is 28.3 Å². The summed E-state index contributed by atoms with van der Waals surface area (Å²) < 4.78 is 29.0. The van der Waals surface area contributed by atoms with Crippen LogP contribution in [0.3, 0.4) is 0 Å². The topological polar surface area (TPSA) is 140 Å². The largest absolute Gasteiger partial charge is 0.366 e. The molecular weight excluding hydrogens is 444 g/mol. The van der Waals surface area contributed by atoms with Gasteiger partial charge in [-0.15, -0.1) is 0 Å². The molecule has 0 saturated carbocycles. The van der Waals surface area contributed by atoms with Crippen molar-refractivity contribution in [2.45, 2.75) is 20.4 Å². The highest BCUT2D eigenvalue weighted by Gasteiger charge is 2.20. The van der Waals surface area contributed by atoms with Crippen LogP contribution in [0.25, 0.3) is 10.9 Å². The molecule has 0 unspecified atom stereocenters. The highest BCUT2D eigenvalue weighted by atomic mass is 19.2. The van der Waals surface area contributed by atoms with Crippen LogP contribution in [0.1, 0.15) is 43.5 Å². The lowest BCUT2D eigenvalue weighted by Gasteiger charge is -2.10. The van der Waals surface area contributed by atoms with Gasteiger partial charge < -0.3 is 11.1 Å². The minimum absolute atomic E-state index is 0.00760. The number of primary amides is 1. The molecule has 1 aromatic carbocycles. The number of fused-ring (bicyclic) bond motifs is 1. The second kappa shape index (κ2) is 8.67. The summed E-state index contributed by atoms with van der Waals surface area (Å²) in [6, 6.07) is 8.11. The molecule has 4 aromatic rings. The van der Waals surface area contributed by atoms with Gasteiger partial charge in [-0.2, -0.15) is 10.4 Å². The van der Waals surface area contributed by atoms with E-state index in [1.807, 2.05) is 0 Å². The third-order valence-electron chi connectivity index (χ3n) is 5.28. The number of halogens is 2. The predicted molar refractivity (Wildman–Crippen MR) is 118 cm³/mol. The van der Waals surface area contributed by atoms with E-state index in [0.717, 1.165) is 18.2 Å². The molecule has 3 aromatic heterocycles. The number of nitrogens with one attached hydrogen (secondary N) is 1. The fraction of sp³-hybridized carbons (Fsp3) is 0.130. The lowest BCUT2D eigenvalue weighted by atomic mass is 10.1. The van der Waals surface area contributed by atoms with Crippen LogP contribution in [-0.2, 0) is 6.54 Å². The molecule has 0 aliphatic rings. The normalized spacial score (nSPS) is 10.8. The van der Waals surface area contributed by atoms with Crippen LogP contribution in [0.15, 0.2) is 36.5 Å². The van der Waals surface area contributed by atoms with Gasteiger partial charge in [-0.1, -0.05) is 0 Å². The highest BCUT2D eigenvalue weighted by molar-refractivity contribution is 6.10. The molecule has 9 nitrogen and oxygen atoms in total. The summed E-state index contributed by atoms with van der Waals surface area (Å²) in [4.78, 5) is 33.2. The summed E-state index contributed by atoms with van der Waals surface area (Å²) in [6.07, 6.45) is 1.57. The molecule has 0 aliphatic carbocycles. The third kappa shape index (κ3) is 4.04. The maximum Gasteiger partial charge on any atom is 0.274 e. The standard InChI is InChI=1S/C23H17F2N7O2/c1-11-21(12(2)32(31-11)10-20-13(9-26)4-3-5-28-20)30-23(34)19-7-15(22(27)33)14-6-16(24)17(25)8-18(14)29-19/h3-8H,10H2,1-2H3,(H2,27,33)(H,30,34). The fourth-order valence-electron chi connectivity index (χ4n) is 3.56. The fourth-order valence-corrected chi connectivity index (χ4v) is 3.56. The van der Waals surface area contributed by atoms with Gasteiger partial charge in [0.2, 0.25) is 5.91 Å². The molecule has 11 heteroatoms. The summed E-state index contributed by atoms with van der Waals surface area (Å²) in [6.45, 7) is 3.62. The SMILES string of the molecule is Cc1nn(Cc2ncccc2C#N)c(C)c1NC(=O)c1cc(C(N)=O)c2cc(F)c(F)cc2n1. The van der Waals surface area contributed by atoms with Gasteiger partial charge >= 0.3 is 0 Å². The molecule has 0 aliphatic heterocycles. The van der Waals surface area contributed by atoms with Gasteiger partial charge in [-0.05, 0) is 38.1 Å². The Bertz CT molecular complexity index is 1520. The molecular formula is C23H17F2N7O2. The average molecular weight is 461 g/mol. The number of pyridine rings is 2. The van der Waals surface area contributed by atoms with Gasteiger partial charge in [-0.25, -0.2) is 13.8 Å². The lowest BCUT2D eigenvalue weighted by Crippen LogP contribution is -2.18. The summed E-state index contributed by atoms with van der Waals surface area (Å²) in [5.74, 6) is -3.96. The van der Waals surface area contributed by atoms with E-state index in [2.05, 4.69) is 26.5 Å². The Balaban J connectivity index is 1.69. The van der Waals surface area contributed by atoms with Crippen LogP contribution in [0.2, 0.25) is 0 Å². The monoisotopic (exact) mass is 461 g/mol. The summed E-state index contributed by atoms with van der Waals surface area (Å²) in [5, 5.41) is 16.4. The number of carbonyl (C=O) groups excluding carboxylic acids is 2. The van der Waals surface area contributed by atoms with Crippen LogP contribution in [-0.4, -0.2) is 31.6 Å². The van der Waals surface area contributed by atoms with Gasteiger partial charge in [0.25, 0.3) is 5.91 Å². The summed E-state index contributed by atoms with van der Waals surface area (Å²) in [5.41, 5.74) is 7.30. The van der Waals surface area contributed by atoms with Crippen molar-refractivity contribution in [2.24, 2.45) is 5.73 Å². The summed E-state index contributed by atoms with van der Waals surface area (Å²) in [7, 11) is 0. The third-order valence-corrected chi connectivity index (χ3v) is 5.28. The Labute approximate surface area is 191 Å². The number of carbonyl (C=O) groups is 2. The zero-order chi connectivity index (χ0) is 24.6. The van der Waals surface area contributed by atoms with Gasteiger partial charge in [0.05, 0.1) is 46.0 Å². The Morgan fingerprint density at radius 1 is 1.21 bits per heavy atom. The first-order valence-electron chi connectivity index (χ1n) is 9.98. The first-order chi connectivity index (χ1) is 16.2. The lowest BCUT2D eigenvalue weighted by molar-refractivity contribution is 0.100. The van der Waals surface area contributed by atoms with Crippen LogP contribution in [0.4, 0.5) is 14.5 Å². The second-order valence-electron chi connectivity index (χ2n) is 7.47. The van der Waals surface area contributed by atoms with Crippen molar-refractivity contribution in [1.82, 2.24) is 19.7 Å². The number of amides is 2. The van der Waals surface area contributed by atoms with E-state index in [1.165, 1.54) is 0 Å². The predicted octanol–water partition coefficient (Wildman–Crippen LogP) is 2.99. The van der Waals surface area contributed by atoms with Gasteiger partial charge in [-0.3, -0.25) is 19.3 Å². The van der Waals surface area contributed by atoms with Crippen LogP contribution in [0, 0.1) is 36.8 Å². The highest BCUT2D eigenvalue weighted by Crippen LogP contribution is 2.24. The van der Waals surface area contributed by atoms with Crippen molar-refractivity contribution in [3.05, 3.63) is 82.1 Å². The molecule has 3 N–H and O–H groups in total. The van der Waals surface area contributed by atoms with E-state index in [9.17, 15) is 23.6 Å². The minimum atomic E-state index is -1.17. The van der Waals surface area contributed by atoms with Crippen LogP contribution < -0.4 is 11.1 Å². The molecule has 3 heterocycles.